The summed E-state index contributed by atoms with van der Waals surface area (Å²) < 4.78 is 0. The van der Waals surface area contributed by atoms with Crippen molar-refractivity contribution in [1.82, 2.24) is 0 Å². The van der Waals surface area contributed by atoms with Crippen molar-refractivity contribution < 1.29 is 0 Å². The van der Waals surface area contributed by atoms with Gasteiger partial charge in [0.2, 0.25) is 0 Å². The fourth-order valence-corrected chi connectivity index (χ4v) is 3.23. The Morgan fingerprint density at radius 2 is 1.42 bits per heavy atom. The number of aryl methyl sites for hydroxylation is 1. The smallest absolute Gasteiger partial charge is 0.0355 e. The Morgan fingerprint density at radius 3 is 2.00 bits per heavy atom. The van der Waals surface area contributed by atoms with Gasteiger partial charge in [0.1, 0.15) is 0 Å². The zero-order chi connectivity index (χ0) is 18.0. The third-order valence-electron chi connectivity index (χ3n) is 4.52. The molecule has 24 heavy (non-hydrogen) atoms. The Morgan fingerprint density at radius 1 is 0.875 bits per heavy atom. The second-order valence-corrected chi connectivity index (χ2v) is 8.28. The number of rotatable bonds is 5. The number of hydrogen-bond donors (Lipinski definition) is 1. The lowest BCUT2D eigenvalue weighted by Crippen LogP contribution is -2.30. The van der Waals surface area contributed by atoms with E-state index in [-0.39, 0.29) is 11.0 Å². The van der Waals surface area contributed by atoms with Crippen LogP contribution in [0.25, 0.3) is 5.57 Å². The van der Waals surface area contributed by atoms with Gasteiger partial charge >= 0.3 is 0 Å². The molecule has 0 unspecified atom stereocenters. The normalized spacial score (nSPS) is 12.2. The van der Waals surface area contributed by atoms with Crippen LogP contribution >= 0.6 is 0 Å². The maximum Gasteiger partial charge on any atom is 0.0355 e. The molecule has 0 spiro atoms. The fraction of sp³-hybridized carbons (Fsp3) is 0.391. The first kappa shape index (κ1) is 18.5. The van der Waals surface area contributed by atoms with E-state index in [4.69, 9.17) is 5.73 Å². The maximum absolute atomic E-state index is 6.33. The van der Waals surface area contributed by atoms with E-state index in [2.05, 4.69) is 89.7 Å². The quantitative estimate of drug-likeness (QED) is 0.737. The van der Waals surface area contributed by atoms with Crippen LogP contribution in [-0.4, -0.2) is 0 Å². The van der Waals surface area contributed by atoms with Crippen LogP contribution in [0.5, 0.6) is 0 Å². The molecule has 2 rings (SSSR count). The van der Waals surface area contributed by atoms with E-state index in [0.29, 0.717) is 0 Å². The van der Waals surface area contributed by atoms with Gasteiger partial charge in [-0.3, -0.25) is 0 Å². The molecule has 0 fully saturated rings. The molecule has 0 aliphatic rings. The van der Waals surface area contributed by atoms with Gasteiger partial charge in [-0.1, -0.05) is 75.9 Å². The van der Waals surface area contributed by atoms with Crippen LogP contribution in [-0.2, 0) is 17.4 Å². The maximum atomic E-state index is 6.33. The van der Waals surface area contributed by atoms with Crippen LogP contribution in [0.15, 0.2) is 55.1 Å². The average Bonchev–Trinajstić information content (AvgIpc) is 2.51. The molecule has 0 radical (unpaired) electrons. The Kier molecular flexibility index (Phi) is 5.35. The zero-order valence-electron chi connectivity index (χ0n) is 15.8. The minimum absolute atomic E-state index is 0.122. The lowest BCUT2D eigenvalue weighted by molar-refractivity contribution is 0.547. The third-order valence-corrected chi connectivity index (χ3v) is 4.52. The van der Waals surface area contributed by atoms with Crippen LogP contribution in [0.4, 0.5) is 0 Å². The second-order valence-electron chi connectivity index (χ2n) is 8.28. The van der Waals surface area contributed by atoms with Crippen LogP contribution in [0, 0.1) is 0 Å². The Labute approximate surface area is 147 Å². The molecule has 0 saturated carbocycles. The first-order valence-corrected chi connectivity index (χ1v) is 8.75. The molecular formula is C23H31N. The molecule has 1 heteroatoms. The second kappa shape index (κ2) is 6.94. The highest BCUT2D eigenvalue weighted by Gasteiger charge is 2.20. The summed E-state index contributed by atoms with van der Waals surface area (Å²) >= 11 is 0. The average molecular weight is 322 g/mol. The van der Waals surface area contributed by atoms with Crippen molar-refractivity contribution in [2.24, 2.45) is 5.73 Å². The van der Waals surface area contributed by atoms with Crippen LogP contribution in [0.1, 0.15) is 63.3 Å². The molecule has 0 heterocycles. The summed E-state index contributed by atoms with van der Waals surface area (Å²) in [5.41, 5.74) is 12.5. The van der Waals surface area contributed by atoms with Crippen molar-refractivity contribution >= 4 is 5.57 Å². The SMILES string of the molecule is C=C(CCc1ccccc1C(C)(C)N)c1ccccc1C(C)(C)C. The predicted octanol–water partition coefficient (Wildman–Crippen LogP) is 5.82. The monoisotopic (exact) mass is 321 g/mol. The van der Waals surface area contributed by atoms with Crippen LogP contribution < -0.4 is 5.73 Å². The van der Waals surface area contributed by atoms with E-state index >= 15 is 0 Å². The summed E-state index contributed by atoms with van der Waals surface area (Å²) in [6, 6.07) is 17.1. The molecule has 2 aromatic carbocycles. The van der Waals surface area contributed by atoms with E-state index in [1.54, 1.807) is 0 Å². The number of hydrogen-bond acceptors (Lipinski definition) is 1. The summed E-state index contributed by atoms with van der Waals surface area (Å²) in [7, 11) is 0. The van der Waals surface area contributed by atoms with Crippen molar-refractivity contribution in [1.29, 1.82) is 0 Å². The lowest BCUT2D eigenvalue weighted by atomic mass is 9.81. The zero-order valence-corrected chi connectivity index (χ0v) is 15.8. The molecule has 0 amide bonds. The molecule has 0 bridgehead atoms. The Balaban J connectivity index is 2.22. The number of benzene rings is 2. The summed E-state index contributed by atoms with van der Waals surface area (Å²) in [4.78, 5) is 0. The molecule has 128 valence electrons. The largest absolute Gasteiger partial charge is 0.322 e. The van der Waals surface area contributed by atoms with Crippen molar-refractivity contribution in [3.05, 3.63) is 77.4 Å². The van der Waals surface area contributed by atoms with Gasteiger partial charge in [-0.15, -0.1) is 0 Å². The van der Waals surface area contributed by atoms with E-state index in [1.807, 2.05) is 0 Å². The van der Waals surface area contributed by atoms with E-state index in [9.17, 15) is 0 Å². The molecule has 0 aliphatic carbocycles. The van der Waals surface area contributed by atoms with E-state index in [0.717, 1.165) is 12.8 Å². The summed E-state index contributed by atoms with van der Waals surface area (Å²) in [5, 5.41) is 0. The fourth-order valence-electron chi connectivity index (χ4n) is 3.23. The van der Waals surface area contributed by atoms with Crippen molar-refractivity contribution in [2.45, 2.75) is 58.4 Å². The lowest BCUT2D eigenvalue weighted by Gasteiger charge is -2.25. The van der Waals surface area contributed by atoms with E-state index < -0.39 is 0 Å². The van der Waals surface area contributed by atoms with Crippen molar-refractivity contribution in [3.8, 4) is 0 Å². The molecule has 0 saturated heterocycles. The highest BCUT2D eigenvalue weighted by Crippen LogP contribution is 2.32. The first-order chi connectivity index (χ1) is 11.1. The Hall–Kier alpha value is -1.86. The van der Waals surface area contributed by atoms with Crippen molar-refractivity contribution in [2.75, 3.05) is 0 Å². The summed E-state index contributed by atoms with van der Waals surface area (Å²) in [6.45, 7) is 15.3. The van der Waals surface area contributed by atoms with Crippen LogP contribution in [0.2, 0.25) is 0 Å². The minimum atomic E-state index is -0.318. The van der Waals surface area contributed by atoms with Gasteiger partial charge in [0.15, 0.2) is 0 Å². The number of nitrogens with two attached hydrogens (primary N) is 1. The third kappa shape index (κ3) is 4.36. The Bertz CT molecular complexity index is 711. The van der Waals surface area contributed by atoms with Gasteiger partial charge in [-0.05, 0) is 59.9 Å². The summed E-state index contributed by atoms with van der Waals surface area (Å²) in [5.74, 6) is 0. The van der Waals surface area contributed by atoms with Crippen LogP contribution in [0.3, 0.4) is 0 Å². The molecule has 2 aromatic rings. The first-order valence-electron chi connectivity index (χ1n) is 8.75. The highest BCUT2D eigenvalue weighted by atomic mass is 14.7. The minimum Gasteiger partial charge on any atom is -0.322 e. The van der Waals surface area contributed by atoms with Gasteiger partial charge < -0.3 is 5.73 Å². The molecule has 2 N–H and O–H groups in total. The van der Waals surface area contributed by atoms with Gasteiger partial charge in [0, 0.05) is 5.54 Å². The predicted molar refractivity (Wildman–Crippen MR) is 106 cm³/mol. The standard InChI is InChI=1S/C23H31N/c1-17(19-12-8-10-14-21(19)22(2,3)4)15-16-18-11-7-9-13-20(18)23(5,6)24/h7-14H,1,15-16,24H2,2-6H3. The molecule has 0 aliphatic heterocycles. The molecule has 0 aromatic heterocycles. The molecule has 0 atom stereocenters. The van der Waals surface area contributed by atoms with E-state index in [1.165, 1.54) is 27.8 Å². The topological polar surface area (TPSA) is 26.0 Å². The van der Waals surface area contributed by atoms with Gasteiger partial charge in [-0.2, -0.15) is 0 Å². The van der Waals surface area contributed by atoms with Crippen molar-refractivity contribution in [3.63, 3.8) is 0 Å². The van der Waals surface area contributed by atoms with Gasteiger partial charge in [0.25, 0.3) is 0 Å². The van der Waals surface area contributed by atoms with Gasteiger partial charge in [-0.25, -0.2) is 0 Å². The number of allylic oxidation sites excluding steroid dienone is 1. The summed E-state index contributed by atoms with van der Waals surface area (Å²) in [6.07, 6.45) is 1.91. The molecular weight excluding hydrogens is 290 g/mol. The van der Waals surface area contributed by atoms with Gasteiger partial charge in [0.05, 0.1) is 0 Å². The molecule has 1 nitrogen and oxygen atoms in total. The highest BCUT2D eigenvalue weighted by molar-refractivity contribution is 5.67.